The van der Waals surface area contributed by atoms with Crippen molar-refractivity contribution >= 4 is 17.6 Å². The fourth-order valence-electron chi connectivity index (χ4n) is 2.99. The summed E-state index contributed by atoms with van der Waals surface area (Å²) < 4.78 is 1.81. The molecule has 2 aromatic carbocycles. The molecule has 1 heterocycles. The largest absolute Gasteiger partial charge is 0.350 e. The van der Waals surface area contributed by atoms with Crippen molar-refractivity contribution < 1.29 is 9.59 Å². The van der Waals surface area contributed by atoms with Gasteiger partial charge in [0.1, 0.15) is 6.33 Å². The molecule has 1 atom stereocenters. The lowest BCUT2D eigenvalue weighted by molar-refractivity contribution is -0.118. The van der Waals surface area contributed by atoms with Crippen LogP contribution in [0.25, 0.3) is 5.69 Å². The average Bonchev–Trinajstić information content (AvgIpc) is 3.21. The van der Waals surface area contributed by atoms with Gasteiger partial charge in [-0.3, -0.25) is 9.59 Å². The first-order valence-corrected chi connectivity index (χ1v) is 10.2. The lowest BCUT2D eigenvalue weighted by Crippen LogP contribution is -2.32. The normalized spacial score (nSPS) is 11.9. The molecule has 6 heteroatoms. The number of hydrogen-bond donors (Lipinski definition) is 2. The van der Waals surface area contributed by atoms with Crippen LogP contribution in [0.5, 0.6) is 0 Å². The van der Waals surface area contributed by atoms with Crippen LogP contribution < -0.4 is 10.6 Å². The molecule has 6 nitrogen and oxygen atoms in total. The molecule has 0 unspecified atom stereocenters. The quantitative estimate of drug-likeness (QED) is 0.590. The van der Waals surface area contributed by atoms with E-state index in [0.717, 1.165) is 18.5 Å². The highest BCUT2D eigenvalue weighted by Gasteiger charge is 2.12. The Morgan fingerprint density at radius 1 is 1.00 bits per heavy atom. The van der Waals surface area contributed by atoms with Gasteiger partial charge in [0.05, 0.1) is 6.20 Å². The lowest BCUT2D eigenvalue weighted by Gasteiger charge is -2.14. The Balaban J connectivity index is 1.55. The highest BCUT2D eigenvalue weighted by molar-refractivity contribution is 5.94. The Morgan fingerprint density at radius 2 is 1.70 bits per heavy atom. The fourth-order valence-corrected chi connectivity index (χ4v) is 2.99. The van der Waals surface area contributed by atoms with Crippen LogP contribution in [0.1, 0.15) is 43.1 Å². The summed E-state index contributed by atoms with van der Waals surface area (Å²) in [5.41, 5.74) is 2.74. The van der Waals surface area contributed by atoms with E-state index in [1.807, 2.05) is 51.1 Å². The summed E-state index contributed by atoms with van der Waals surface area (Å²) in [6.07, 6.45) is 5.20. The topological polar surface area (TPSA) is 76.0 Å². The van der Waals surface area contributed by atoms with Crippen LogP contribution in [0.15, 0.2) is 67.1 Å². The number of hydrogen-bond acceptors (Lipinski definition) is 3. The minimum absolute atomic E-state index is 0.0753. The molecule has 0 spiro atoms. The Kier molecular flexibility index (Phi) is 7.01. The molecule has 2 amide bonds. The van der Waals surface area contributed by atoms with Gasteiger partial charge in [0.15, 0.2) is 5.82 Å². The summed E-state index contributed by atoms with van der Waals surface area (Å²) in [7, 11) is 0. The number of anilines is 1. The number of benzene rings is 2. The molecule has 30 heavy (non-hydrogen) atoms. The molecule has 0 radical (unpaired) electrons. The van der Waals surface area contributed by atoms with Crippen molar-refractivity contribution in [3.05, 3.63) is 78.2 Å². The number of imidazole rings is 1. The smallest absolute Gasteiger partial charge is 0.251 e. The van der Waals surface area contributed by atoms with Crippen LogP contribution in [-0.2, 0) is 11.2 Å². The molecule has 3 rings (SSSR count). The van der Waals surface area contributed by atoms with E-state index < -0.39 is 0 Å². The molecule has 0 saturated heterocycles. The molecule has 0 aliphatic carbocycles. The molecule has 1 aromatic heterocycles. The first kappa shape index (κ1) is 21.3. The van der Waals surface area contributed by atoms with Crippen molar-refractivity contribution in [2.75, 3.05) is 5.32 Å². The van der Waals surface area contributed by atoms with Crippen LogP contribution in [0.4, 0.5) is 5.82 Å². The third-order valence-corrected chi connectivity index (χ3v) is 4.87. The van der Waals surface area contributed by atoms with E-state index in [-0.39, 0.29) is 23.8 Å². The van der Waals surface area contributed by atoms with E-state index in [0.29, 0.717) is 11.4 Å². The Bertz CT molecular complexity index is 978. The summed E-state index contributed by atoms with van der Waals surface area (Å²) >= 11 is 0. The number of aromatic nitrogens is 2. The van der Waals surface area contributed by atoms with Gasteiger partial charge >= 0.3 is 0 Å². The summed E-state index contributed by atoms with van der Waals surface area (Å²) in [4.78, 5) is 28.5. The second-order valence-electron chi connectivity index (χ2n) is 7.76. The molecule has 0 bridgehead atoms. The standard InChI is InChI=1S/C24H28N4O2/c1-17(2)23(29)27-22-15-28(16-25-22)21-13-11-20(12-14-21)24(30)26-18(3)9-10-19-7-5-4-6-8-19/h4-8,11-18H,9-10H2,1-3H3,(H,26,30)(H,27,29)/t18-/m1/s1. The van der Waals surface area contributed by atoms with Gasteiger partial charge in [-0.05, 0) is 49.6 Å². The predicted molar refractivity (Wildman–Crippen MR) is 119 cm³/mol. The molecule has 156 valence electrons. The molecule has 0 saturated carbocycles. The number of aryl methyl sites for hydroxylation is 1. The number of nitrogens with zero attached hydrogens (tertiary/aromatic N) is 2. The Hall–Kier alpha value is -3.41. The number of nitrogens with one attached hydrogen (secondary N) is 2. The van der Waals surface area contributed by atoms with Crippen molar-refractivity contribution in [3.63, 3.8) is 0 Å². The molecule has 0 aliphatic heterocycles. The maximum atomic E-state index is 12.5. The molecular weight excluding hydrogens is 376 g/mol. The number of amides is 2. The minimum Gasteiger partial charge on any atom is -0.350 e. The first-order chi connectivity index (χ1) is 14.4. The van der Waals surface area contributed by atoms with Gasteiger partial charge in [0, 0.05) is 23.2 Å². The number of carbonyl (C=O) groups is 2. The lowest BCUT2D eigenvalue weighted by atomic mass is 10.1. The van der Waals surface area contributed by atoms with Crippen LogP contribution >= 0.6 is 0 Å². The third kappa shape index (κ3) is 5.80. The zero-order valence-corrected chi connectivity index (χ0v) is 17.6. The van der Waals surface area contributed by atoms with Gasteiger partial charge in [-0.1, -0.05) is 44.2 Å². The maximum absolute atomic E-state index is 12.5. The Morgan fingerprint density at radius 3 is 2.37 bits per heavy atom. The van der Waals surface area contributed by atoms with E-state index in [2.05, 4.69) is 27.8 Å². The number of rotatable bonds is 8. The van der Waals surface area contributed by atoms with Gasteiger partial charge in [0.25, 0.3) is 5.91 Å². The first-order valence-electron chi connectivity index (χ1n) is 10.2. The van der Waals surface area contributed by atoms with E-state index in [9.17, 15) is 9.59 Å². The second kappa shape index (κ2) is 9.87. The van der Waals surface area contributed by atoms with E-state index in [1.165, 1.54) is 5.56 Å². The van der Waals surface area contributed by atoms with Crippen molar-refractivity contribution in [1.82, 2.24) is 14.9 Å². The molecular formula is C24H28N4O2. The van der Waals surface area contributed by atoms with Crippen LogP contribution in [0.2, 0.25) is 0 Å². The van der Waals surface area contributed by atoms with Gasteiger partial charge in [-0.25, -0.2) is 4.98 Å². The minimum atomic E-state index is -0.108. The van der Waals surface area contributed by atoms with Gasteiger partial charge in [-0.2, -0.15) is 0 Å². The van der Waals surface area contributed by atoms with E-state index in [1.54, 1.807) is 29.2 Å². The van der Waals surface area contributed by atoms with Crippen molar-refractivity contribution in [2.24, 2.45) is 5.92 Å². The van der Waals surface area contributed by atoms with E-state index >= 15 is 0 Å². The van der Waals surface area contributed by atoms with Gasteiger partial charge < -0.3 is 15.2 Å². The zero-order valence-electron chi connectivity index (χ0n) is 17.6. The second-order valence-corrected chi connectivity index (χ2v) is 7.76. The molecule has 0 fully saturated rings. The molecule has 0 aliphatic rings. The van der Waals surface area contributed by atoms with Crippen LogP contribution in [-0.4, -0.2) is 27.4 Å². The average molecular weight is 405 g/mol. The summed E-state index contributed by atoms with van der Waals surface area (Å²) in [5, 5.41) is 5.83. The highest BCUT2D eigenvalue weighted by atomic mass is 16.2. The maximum Gasteiger partial charge on any atom is 0.251 e. The summed E-state index contributed by atoms with van der Waals surface area (Å²) in [6.45, 7) is 5.69. The fraction of sp³-hybridized carbons (Fsp3) is 0.292. The summed E-state index contributed by atoms with van der Waals surface area (Å²) in [6, 6.07) is 17.7. The highest BCUT2D eigenvalue weighted by Crippen LogP contribution is 2.14. The van der Waals surface area contributed by atoms with Crippen molar-refractivity contribution in [3.8, 4) is 5.69 Å². The molecule has 3 aromatic rings. The predicted octanol–water partition coefficient (Wildman–Crippen LogP) is 4.22. The van der Waals surface area contributed by atoms with Crippen LogP contribution in [0, 0.1) is 5.92 Å². The number of carbonyl (C=O) groups excluding carboxylic acids is 2. The third-order valence-electron chi connectivity index (χ3n) is 4.87. The summed E-state index contributed by atoms with van der Waals surface area (Å²) in [5.74, 6) is 0.233. The van der Waals surface area contributed by atoms with Crippen LogP contribution in [0.3, 0.4) is 0 Å². The molecule has 2 N–H and O–H groups in total. The van der Waals surface area contributed by atoms with E-state index in [4.69, 9.17) is 0 Å². The SMILES string of the molecule is CC(C)C(=O)Nc1cn(-c2ccc(C(=O)N[C@H](C)CCc3ccccc3)cc2)cn1. The van der Waals surface area contributed by atoms with Gasteiger partial charge in [-0.15, -0.1) is 0 Å². The van der Waals surface area contributed by atoms with Gasteiger partial charge in [0.2, 0.25) is 5.91 Å². The van der Waals surface area contributed by atoms with Crippen molar-refractivity contribution in [1.29, 1.82) is 0 Å². The zero-order chi connectivity index (χ0) is 21.5. The monoisotopic (exact) mass is 404 g/mol. The van der Waals surface area contributed by atoms with Crippen molar-refractivity contribution in [2.45, 2.75) is 39.7 Å². The Labute approximate surface area is 177 Å².